The Hall–Kier alpha value is -0.930. The van der Waals surface area contributed by atoms with Crippen LogP contribution in [0.15, 0.2) is 24.3 Å². The molecule has 0 aliphatic heterocycles. The molecule has 3 atom stereocenters. The molecule has 0 aliphatic carbocycles. The molecule has 30 heavy (non-hydrogen) atoms. The van der Waals surface area contributed by atoms with Gasteiger partial charge in [-0.1, -0.05) is 51.7 Å². The monoisotopic (exact) mass is 445 g/mol. The van der Waals surface area contributed by atoms with Gasteiger partial charge in [-0.05, 0) is 58.2 Å². The molecule has 1 aromatic carbocycles. The first kappa shape index (κ1) is 27.1. The SMILES string of the molecule is CCC(C)CCCCCOc1ccc(C([CH]N(C)C)[C@H](O[Cl+3]([O-])([O-])[O-])N(C)C)cc1. The Bertz CT molecular complexity index is 578. The van der Waals surface area contributed by atoms with Crippen LogP contribution in [0.5, 0.6) is 5.75 Å². The quantitative estimate of drug-likeness (QED) is 0.296. The summed E-state index contributed by atoms with van der Waals surface area (Å²) in [6.45, 7) is 7.00. The summed E-state index contributed by atoms with van der Waals surface area (Å²) >= 11 is 0. The van der Waals surface area contributed by atoms with E-state index in [4.69, 9.17) is 9.03 Å². The molecular weight excluding hydrogens is 408 g/mol. The van der Waals surface area contributed by atoms with Crippen molar-refractivity contribution in [2.24, 2.45) is 5.92 Å². The second-order valence-corrected chi connectivity index (χ2v) is 9.17. The number of hydrogen-bond acceptors (Lipinski definition) is 7. The molecule has 0 spiro atoms. The summed E-state index contributed by atoms with van der Waals surface area (Å²) in [4.78, 5) is 3.37. The van der Waals surface area contributed by atoms with Crippen molar-refractivity contribution in [3.05, 3.63) is 36.4 Å². The van der Waals surface area contributed by atoms with Gasteiger partial charge in [0.15, 0.2) is 0 Å². The Morgan fingerprint density at radius 2 is 1.63 bits per heavy atom. The largest absolute Gasteiger partial charge is 0.494 e. The Balaban J connectivity index is 2.70. The topological polar surface area (TPSA) is 94.1 Å². The standard InChI is InChI=1S/C22H38ClN2O5/c1-7-18(2)11-9-8-10-16-29-20-14-12-19(13-15-20)21(17-24(3)4)22(25(5)6)30-23(26,27)28/h12-15,17-18,21-22H,7-11,16H2,1-6H3/t18?,21?,22-/m0/s1. The van der Waals surface area contributed by atoms with Gasteiger partial charge in [0.1, 0.15) is 5.75 Å². The molecule has 0 amide bonds. The molecule has 0 aromatic heterocycles. The van der Waals surface area contributed by atoms with E-state index in [0.29, 0.717) is 6.61 Å². The summed E-state index contributed by atoms with van der Waals surface area (Å²) in [6.07, 6.45) is 4.94. The molecule has 1 radical (unpaired) electrons. The highest BCUT2D eigenvalue weighted by atomic mass is 35.7. The number of unbranched alkanes of at least 4 members (excludes halogenated alkanes) is 2. The van der Waals surface area contributed by atoms with E-state index in [0.717, 1.165) is 30.1 Å². The minimum absolute atomic E-state index is 0.458. The van der Waals surface area contributed by atoms with Crippen molar-refractivity contribution in [3.8, 4) is 5.75 Å². The van der Waals surface area contributed by atoms with Crippen LogP contribution in [0.2, 0.25) is 0 Å². The van der Waals surface area contributed by atoms with Gasteiger partial charge in [0.05, 0.1) is 27.1 Å². The van der Waals surface area contributed by atoms with E-state index in [2.05, 4.69) is 13.8 Å². The summed E-state index contributed by atoms with van der Waals surface area (Å²) in [5.41, 5.74) is 0.821. The van der Waals surface area contributed by atoms with Crippen molar-refractivity contribution in [1.29, 1.82) is 0 Å². The van der Waals surface area contributed by atoms with Crippen molar-refractivity contribution >= 4 is 0 Å². The van der Waals surface area contributed by atoms with E-state index in [-0.39, 0.29) is 0 Å². The lowest BCUT2D eigenvalue weighted by Gasteiger charge is -2.30. The summed E-state index contributed by atoms with van der Waals surface area (Å²) in [5.74, 6) is 1.10. The van der Waals surface area contributed by atoms with Crippen LogP contribution in [-0.2, 0) is 4.29 Å². The first-order valence-electron chi connectivity index (χ1n) is 10.5. The zero-order valence-corrected chi connectivity index (χ0v) is 19.9. The van der Waals surface area contributed by atoms with E-state index in [1.807, 2.05) is 49.8 Å². The number of rotatable bonds is 15. The van der Waals surface area contributed by atoms with Crippen LogP contribution in [0.4, 0.5) is 0 Å². The van der Waals surface area contributed by atoms with E-state index in [1.165, 1.54) is 19.3 Å². The molecule has 173 valence electrons. The number of likely N-dealkylation sites (N-methyl/N-ethyl adjacent to an activating group) is 2. The van der Waals surface area contributed by atoms with E-state index < -0.39 is 22.4 Å². The van der Waals surface area contributed by atoms with Crippen molar-refractivity contribution in [1.82, 2.24) is 9.80 Å². The highest BCUT2D eigenvalue weighted by Gasteiger charge is 2.39. The molecule has 0 fully saturated rings. The van der Waals surface area contributed by atoms with Crippen LogP contribution in [0.3, 0.4) is 0 Å². The fourth-order valence-corrected chi connectivity index (χ4v) is 3.66. The zero-order chi connectivity index (χ0) is 22.7. The minimum Gasteiger partial charge on any atom is -0.494 e. The number of ether oxygens (including phenoxy) is 1. The smallest absolute Gasteiger partial charge is 0.276 e. The normalized spacial score (nSPS) is 15.4. The molecule has 7 nitrogen and oxygen atoms in total. The molecule has 0 aliphatic rings. The van der Waals surface area contributed by atoms with E-state index in [9.17, 15) is 14.0 Å². The maximum Gasteiger partial charge on any atom is 0.276 e. The average molecular weight is 446 g/mol. The van der Waals surface area contributed by atoms with Gasteiger partial charge >= 0.3 is 0 Å². The highest BCUT2D eigenvalue weighted by molar-refractivity contribution is 5.31. The van der Waals surface area contributed by atoms with Gasteiger partial charge in [0, 0.05) is 6.54 Å². The van der Waals surface area contributed by atoms with E-state index in [1.54, 1.807) is 19.0 Å². The maximum atomic E-state index is 11.2. The van der Waals surface area contributed by atoms with Gasteiger partial charge in [-0.3, -0.25) is 4.90 Å². The maximum absolute atomic E-state index is 11.2. The second-order valence-electron chi connectivity index (χ2n) is 8.24. The number of halogens is 1. The van der Waals surface area contributed by atoms with Crippen LogP contribution in [0.25, 0.3) is 0 Å². The first-order valence-corrected chi connectivity index (χ1v) is 11.8. The highest BCUT2D eigenvalue weighted by Crippen LogP contribution is 2.29. The molecule has 1 aromatic rings. The third kappa shape index (κ3) is 10.9. The third-order valence-corrected chi connectivity index (χ3v) is 5.45. The Morgan fingerprint density at radius 1 is 1.00 bits per heavy atom. The van der Waals surface area contributed by atoms with Crippen LogP contribution >= 0.6 is 0 Å². The third-order valence-electron chi connectivity index (χ3n) is 5.05. The lowest BCUT2D eigenvalue weighted by Crippen LogP contribution is -2.64. The molecule has 0 saturated heterocycles. The minimum atomic E-state index is -4.55. The summed E-state index contributed by atoms with van der Waals surface area (Å²) in [7, 11) is 2.45. The summed E-state index contributed by atoms with van der Waals surface area (Å²) in [5, 5.41) is 0. The molecule has 0 heterocycles. The number of nitrogens with zero attached hydrogens (tertiary/aromatic N) is 2. The van der Waals surface area contributed by atoms with Gasteiger partial charge in [-0.15, -0.1) is 0 Å². The van der Waals surface area contributed by atoms with Crippen LogP contribution in [0, 0.1) is 22.7 Å². The average Bonchev–Trinajstić information content (AvgIpc) is 2.66. The molecular formula is C22H38ClN2O5. The Labute approximate surface area is 184 Å². The predicted molar refractivity (Wildman–Crippen MR) is 109 cm³/mol. The van der Waals surface area contributed by atoms with Crippen molar-refractivity contribution in [2.45, 2.75) is 58.1 Å². The van der Waals surface area contributed by atoms with Crippen molar-refractivity contribution in [2.75, 3.05) is 34.8 Å². The van der Waals surface area contributed by atoms with Gasteiger partial charge < -0.3 is 9.64 Å². The molecule has 0 bridgehead atoms. The van der Waals surface area contributed by atoms with Crippen LogP contribution in [-0.4, -0.2) is 50.8 Å². The van der Waals surface area contributed by atoms with E-state index >= 15 is 0 Å². The molecule has 2 unspecified atom stereocenters. The van der Waals surface area contributed by atoms with Crippen molar-refractivity contribution < 1.29 is 33.2 Å². The Morgan fingerprint density at radius 3 is 2.13 bits per heavy atom. The van der Waals surface area contributed by atoms with Gasteiger partial charge in [0.25, 0.3) is 6.23 Å². The lowest BCUT2D eigenvalue weighted by molar-refractivity contribution is -1.92. The number of hydrogen-bond donors (Lipinski definition) is 0. The molecule has 0 N–H and O–H groups in total. The second kappa shape index (κ2) is 13.5. The zero-order valence-electron chi connectivity index (χ0n) is 19.2. The predicted octanol–water partition coefficient (Wildman–Crippen LogP) is 1.28. The lowest BCUT2D eigenvalue weighted by atomic mass is 9.96. The molecule has 1 rings (SSSR count). The number of benzene rings is 1. The van der Waals surface area contributed by atoms with Crippen LogP contribution < -0.4 is 18.7 Å². The van der Waals surface area contributed by atoms with Gasteiger partial charge in [-0.25, -0.2) is 0 Å². The van der Waals surface area contributed by atoms with Gasteiger partial charge in [-0.2, -0.15) is 14.0 Å². The van der Waals surface area contributed by atoms with Crippen molar-refractivity contribution in [3.63, 3.8) is 0 Å². The first-order chi connectivity index (χ1) is 14.0. The summed E-state index contributed by atoms with van der Waals surface area (Å²) in [6, 6.07) is 7.47. The summed E-state index contributed by atoms with van der Waals surface area (Å²) < 4.78 is 44.2. The Kier molecular flexibility index (Phi) is 12.2. The van der Waals surface area contributed by atoms with Crippen LogP contribution in [0.1, 0.15) is 57.4 Å². The van der Waals surface area contributed by atoms with Gasteiger partial charge in [0.2, 0.25) is 0 Å². The fourth-order valence-electron chi connectivity index (χ4n) is 3.17. The molecule has 0 saturated carbocycles. The fraction of sp³-hybridized carbons (Fsp3) is 0.682. The molecule has 8 heteroatoms.